The molecule has 0 N–H and O–H groups in total. The van der Waals surface area contributed by atoms with Gasteiger partial charge in [-0.2, -0.15) is 0 Å². The molecule has 0 spiro atoms. The molecule has 0 saturated heterocycles. The van der Waals surface area contributed by atoms with E-state index in [0.717, 1.165) is 22.3 Å². The Morgan fingerprint density at radius 2 is 1.58 bits per heavy atom. The normalized spacial score (nSPS) is 10.9. The van der Waals surface area contributed by atoms with Crippen molar-refractivity contribution in [2.24, 2.45) is 0 Å². The van der Waals surface area contributed by atoms with E-state index in [9.17, 15) is 18.0 Å². The van der Waals surface area contributed by atoms with Crippen LogP contribution in [0.15, 0.2) is 75.6 Å². The first-order chi connectivity index (χ1) is 14.8. The number of nitrogens with zero attached hydrogens (tertiary/aromatic N) is 2. The quantitative estimate of drug-likeness (QED) is 0.405. The van der Waals surface area contributed by atoms with Crippen molar-refractivity contribution in [3.05, 3.63) is 100 Å². The number of hydrogen-bond acceptors (Lipinski definition) is 3. The predicted octanol–water partition coefficient (Wildman–Crippen LogP) is 6.00. The molecule has 4 rings (SSSR count). The van der Waals surface area contributed by atoms with E-state index in [0.29, 0.717) is 28.5 Å². The number of oxazole rings is 1. The maximum absolute atomic E-state index is 14.3. The van der Waals surface area contributed by atoms with Crippen LogP contribution in [0.2, 0.25) is 0 Å². The lowest BCUT2D eigenvalue weighted by Gasteiger charge is -2.10. The molecule has 2 aromatic carbocycles. The summed E-state index contributed by atoms with van der Waals surface area (Å²) in [7, 11) is 0. The molecule has 156 valence electrons. The zero-order chi connectivity index (χ0) is 22.1. The van der Waals surface area contributed by atoms with Crippen molar-refractivity contribution in [3.63, 3.8) is 0 Å². The molecular formula is C24H17F3N2O2. The maximum Gasteiger partial charge on any atom is 0.255 e. The van der Waals surface area contributed by atoms with Crippen LogP contribution in [0, 0.1) is 17.5 Å². The van der Waals surface area contributed by atoms with Gasteiger partial charge in [0.15, 0.2) is 5.76 Å². The van der Waals surface area contributed by atoms with Crippen molar-refractivity contribution in [3.8, 4) is 28.3 Å². The molecule has 2 heterocycles. The maximum atomic E-state index is 14.3. The van der Waals surface area contributed by atoms with Crippen LogP contribution in [0.1, 0.15) is 19.7 Å². The second-order valence-electron chi connectivity index (χ2n) is 7.15. The third-order valence-corrected chi connectivity index (χ3v) is 4.53. The summed E-state index contributed by atoms with van der Waals surface area (Å²) < 4.78 is 48.8. The van der Waals surface area contributed by atoms with Gasteiger partial charge in [-0.3, -0.25) is 9.36 Å². The number of pyridine rings is 1. The van der Waals surface area contributed by atoms with E-state index in [4.69, 9.17) is 4.42 Å². The van der Waals surface area contributed by atoms with E-state index in [1.165, 1.54) is 48.7 Å². The standard InChI is InChI=1S/C24H17F3N2O2/c1-14(2)12-20-28-22(24(31-20)15-6-9-17(25)10-7-15)16-8-11-21(30)29(13-16)23-18(26)4-3-5-19(23)27/h3-13H,1-2H3. The van der Waals surface area contributed by atoms with E-state index < -0.39 is 28.7 Å². The van der Waals surface area contributed by atoms with Crippen molar-refractivity contribution >= 4 is 6.08 Å². The number of hydrogen-bond donors (Lipinski definition) is 0. The van der Waals surface area contributed by atoms with Crippen LogP contribution in [-0.2, 0) is 0 Å². The summed E-state index contributed by atoms with van der Waals surface area (Å²) in [6.45, 7) is 3.76. The van der Waals surface area contributed by atoms with E-state index in [1.54, 1.807) is 6.08 Å². The van der Waals surface area contributed by atoms with Gasteiger partial charge in [0.1, 0.15) is 28.8 Å². The third-order valence-electron chi connectivity index (χ3n) is 4.53. The van der Waals surface area contributed by atoms with Gasteiger partial charge in [-0.15, -0.1) is 0 Å². The highest BCUT2D eigenvalue weighted by Gasteiger charge is 2.19. The van der Waals surface area contributed by atoms with Gasteiger partial charge in [0.2, 0.25) is 5.89 Å². The third kappa shape index (κ3) is 4.07. The fourth-order valence-corrected chi connectivity index (χ4v) is 3.16. The van der Waals surface area contributed by atoms with Crippen LogP contribution in [0.3, 0.4) is 0 Å². The first kappa shape index (κ1) is 20.4. The first-order valence-electron chi connectivity index (χ1n) is 9.42. The summed E-state index contributed by atoms with van der Waals surface area (Å²) in [5.41, 5.74) is 1.17. The van der Waals surface area contributed by atoms with Gasteiger partial charge in [0.25, 0.3) is 5.56 Å². The largest absolute Gasteiger partial charge is 0.436 e. The average molecular weight is 422 g/mol. The molecule has 0 atom stereocenters. The zero-order valence-corrected chi connectivity index (χ0v) is 16.7. The molecule has 0 saturated carbocycles. The van der Waals surface area contributed by atoms with Crippen LogP contribution in [0.5, 0.6) is 0 Å². The highest BCUT2D eigenvalue weighted by atomic mass is 19.1. The Kier molecular flexibility index (Phi) is 5.33. The van der Waals surface area contributed by atoms with Crippen molar-refractivity contribution in [2.75, 3.05) is 0 Å². The van der Waals surface area contributed by atoms with Crippen LogP contribution in [0.4, 0.5) is 13.2 Å². The Balaban J connectivity index is 1.94. The molecule has 4 nitrogen and oxygen atoms in total. The van der Waals surface area contributed by atoms with Gasteiger partial charge in [-0.1, -0.05) is 11.6 Å². The average Bonchev–Trinajstić information content (AvgIpc) is 3.12. The molecule has 0 amide bonds. The molecule has 4 aromatic rings. The van der Waals surface area contributed by atoms with Crippen molar-refractivity contribution in [1.29, 1.82) is 0 Å². The van der Waals surface area contributed by atoms with Gasteiger partial charge in [0, 0.05) is 23.4 Å². The molecule has 31 heavy (non-hydrogen) atoms. The predicted molar refractivity (Wildman–Crippen MR) is 112 cm³/mol. The Morgan fingerprint density at radius 1 is 0.935 bits per heavy atom. The van der Waals surface area contributed by atoms with Crippen LogP contribution in [0.25, 0.3) is 34.3 Å². The molecular weight excluding hydrogens is 405 g/mol. The highest BCUT2D eigenvalue weighted by molar-refractivity contribution is 5.77. The summed E-state index contributed by atoms with van der Waals surface area (Å²) in [6, 6.07) is 11.7. The number of para-hydroxylation sites is 1. The van der Waals surface area contributed by atoms with Crippen molar-refractivity contribution < 1.29 is 17.6 Å². The Hall–Kier alpha value is -3.87. The Morgan fingerprint density at radius 3 is 2.23 bits per heavy atom. The molecule has 0 aliphatic carbocycles. The lowest BCUT2D eigenvalue weighted by atomic mass is 10.1. The van der Waals surface area contributed by atoms with Crippen LogP contribution >= 0.6 is 0 Å². The van der Waals surface area contributed by atoms with Crippen LogP contribution < -0.4 is 5.56 Å². The zero-order valence-electron chi connectivity index (χ0n) is 16.7. The summed E-state index contributed by atoms with van der Waals surface area (Å²) in [4.78, 5) is 16.9. The lowest BCUT2D eigenvalue weighted by Crippen LogP contribution is -2.19. The van der Waals surface area contributed by atoms with E-state index in [1.807, 2.05) is 13.8 Å². The second-order valence-corrected chi connectivity index (χ2v) is 7.15. The van der Waals surface area contributed by atoms with E-state index in [-0.39, 0.29) is 0 Å². The SMILES string of the molecule is CC(C)=Cc1nc(-c2ccc(=O)n(-c3c(F)cccc3F)c2)c(-c2ccc(F)cc2)o1. The minimum atomic E-state index is -0.872. The Labute approximate surface area is 175 Å². The van der Waals surface area contributed by atoms with Crippen molar-refractivity contribution in [1.82, 2.24) is 9.55 Å². The fraction of sp³-hybridized carbons (Fsp3) is 0.0833. The Bertz CT molecular complexity index is 1330. The lowest BCUT2D eigenvalue weighted by molar-refractivity contribution is 0.559. The number of allylic oxidation sites excluding steroid dienone is 1. The van der Waals surface area contributed by atoms with Gasteiger partial charge < -0.3 is 4.42 Å². The molecule has 0 unspecified atom stereocenters. The first-order valence-corrected chi connectivity index (χ1v) is 9.42. The summed E-state index contributed by atoms with van der Waals surface area (Å²) in [5.74, 6) is -1.50. The fourth-order valence-electron chi connectivity index (χ4n) is 3.16. The molecule has 0 aliphatic heterocycles. The molecule has 0 bridgehead atoms. The minimum Gasteiger partial charge on any atom is -0.436 e. The number of halogens is 3. The number of rotatable bonds is 4. The molecule has 2 aromatic heterocycles. The minimum absolute atomic E-state index is 0.309. The topological polar surface area (TPSA) is 48.0 Å². The van der Waals surface area contributed by atoms with E-state index in [2.05, 4.69) is 4.98 Å². The van der Waals surface area contributed by atoms with Crippen LogP contribution in [-0.4, -0.2) is 9.55 Å². The molecule has 0 radical (unpaired) electrons. The summed E-state index contributed by atoms with van der Waals surface area (Å²) in [5, 5.41) is 0. The number of benzene rings is 2. The van der Waals surface area contributed by atoms with Gasteiger partial charge >= 0.3 is 0 Å². The van der Waals surface area contributed by atoms with Crippen molar-refractivity contribution in [2.45, 2.75) is 13.8 Å². The van der Waals surface area contributed by atoms with Gasteiger partial charge in [-0.25, -0.2) is 18.2 Å². The highest BCUT2D eigenvalue weighted by Crippen LogP contribution is 2.33. The summed E-state index contributed by atoms with van der Waals surface area (Å²) in [6.07, 6.45) is 3.03. The molecule has 0 aliphatic rings. The smallest absolute Gasteiger partial charge is 0.255 e. The van der Waals surface area contributed by atoms with Gasteiger partial charge in [-0.05, 0) is 62.4 Å². The monoisotopic (exact) mass is 422 g/mol. The number of aromatic nitrogens is 2. The second kappa shape index (κ2) is 8.10. The van der Waals surface area contributed by atoms with Gasteiger partial charge in [0.05, 0.1) is 0 Å². The summed E-state index contributed by atoms with van der Waals surface area (Å²) >= 11 is 0. The van der Waals surface area contributed by atoms with E-state index >= 15 is 0 Å². The molecule has 0 fully saturated rings. The molecule has 7 heteroatoms.